The second-order valence-electron chi connectivity index (χ2n) is 3.06. The van der Waals surface area contributed by atoms with Crippen LogP contribution in [0.3, 0.4) is 0 Å². The van der Waals surface area contributed by atoms with Crippen molar-refractivity contribution in [2.45, 2.75) is 12.8 Å². The van der Waals surface area contributed by atoms with Gasteiger partial charge in [-0.3, -0.25) is 4.79 Å². The molecule has 0 radical (unpaired) electrons. The van der Waals surface area contributed by atoms with Gasteiger partial charge in [0.1, 0.15) is 0 Å². The van der Waals surface area contributed by atoms with Gasteiger partial charge in [0, 0.05) is 11.6 Å². The van der Waals surface area contributed by atoms with Gasteiger partial charge in [0.15, 0.2) is 0 Å². The Kier molecular flexibility index (Phi) is 4.65. The molecule has 4 heteroatoms. The molecular weight excluding hydrogens is 212 g/mol. The van der Waals surface area contributed by atoms with Crippen LogP contribution in [0.4, 0.5) is 0 Å². The van der Waals surface area contributed by atoms with Crippen molar-refractivity contribution in [3.05, 3.63) is 34.9 Å². The summed E-state index contributed by atoms with van der Waals surface area (Å²) < 4.78 is 0. The van der Waals surface area contributed by atoms with E-state index in [0.29, 0.717) is 24.4 Å². The Labute approximate surface area is 93.7 Å². The Bertz CT molecular complexity index is 367. The predicted octanol–water partition coefficient (Wildman–Crippen LogP) is 1.91. The second kappa shape index (κ2) is 6.05. The van der Waals surface area contributed by atoms with Crippen LogP contribution in [-0.4, -0.2) is 12.5 Å². The molecule has 0 atom stereocenters. The van der Waals surface area contributed by atoms with Crippen LogP contribution < -0.4 is 5.32 Å². The number of halogens is 1. The largest absolute Gasteiger partial charge is 0.355 e. The zero-order valence-corrected chi connectivity index (χ0v) is 8.92. The molecule has 3 nitrogen and oxygen atoms in total. The summed E-state index contributed by atoms with van der Waals surface area (Å²) in [6, 6.07) is 9.08. The number of nitrogens with zero attached hydrogens (tertiary/aromatic N) is 1. The molecule has 0 heterocycles. The minimum Gasteiger partial charge on any atom is -0.355 e. The lowest BCUT2D eigenvalue weighted by atomic mass is 10.1. The molecule has 78 valence electrons. The van der Waals surface area contributed by atoms with Gasteiger partial charge in [-0.05, 0) is 17.7 Å². The molecule has 0 unspecified atom stereocenters. The average molecular weight is 223 g/mol. The third kappa shape index (κ3) is 4.48. The molecule has 0 spiro atoms. The smallest absolute Gasteiger partial charge is 0.224 e. The number of nitrogens with one attached hydrogen (secondary N) is 1. The lowest BCUT2D eigenvalue weighted by molar-refractivity contribution is -0.120. The Hall–Kier alpha value is -1.53. The van der Waals surface area contributed by atoms with E-state index in [0.717, 1.165) is 5.56 Å². The lowest BCUT2D eigenvalue weighted by Gasteiger charge is -2.02. The van der Waals surface area contributed by atoms with E-state index in [2.05, 4.69) is 5.32 Å². The molecule has 0 aromatic heterocycles. The average Bonchev–Trinajstić information content (AvgIpc) is 2.22. The number of benzene rings is 1. The van der Waals surface area contributed by atoms with Crippen molar-refractivity contribution in [3.8, 4) is 6.07 Å². The van der Waals surface area contributed by atoms with Crippen molar-refractivity contribution in [1.82, 2.24) is 5.32 Å². The summed E-state index contributed by atoms with van der Waals surface area (Å²) in [6.07, 6.45) is 0.662. The molecule has 1 N–H and O–H groups in total. The van der Waals surface area contributed by atoms with Crippen molar-refractivity contribution in [3.63, 3.8) is 0 Å². The zero-order valence-electron chi connectivity index (χ0n) is 8.16. The van der Waals surface area contributed by atoms with Crippen LogP contribution in [0.15, 0.2) is 24.3 Å². The molecule has 0 aliphatic carbocycles. The molecule has 0 saturated carbocycles. The normalized spacial score (nSPS) is 9.33. The van der Waals surface area contributed by atoms with Crippen LogP contribution in [0.5, 0.6) is 0 Å². The minimum absolute atomic E-state index is 0.0763. The molecule has 15 heavy (non-hydrogen) atoms. The quantitative estimate of drug-likeness (QED) is 0.792. The first kappa shape index (κ1) is 11.5. The first-order chi connectivity index (χ1) is 7.22. The van der Waals surface area contributed by atoms with Gasteiger partial charge in [0.2, 0.25) is 5.91 Å². The van der Waals surface area contributed by atoms with Crippen molar-refractivity contribution < 1.29 is 4.79 Å². The van der Waals surface area contributed by atoms with Crippen LogP contribution in [0, 0.1) is 11.3 Å². The van der Waals surface area contributed by atoms with Gasteiger partial charge in [0.25, 0.3) is 0 Å². The highest BCUT2D eigenvalue weighted by Crippen LogP contribution is 2.09. The molecule has 0 aliphatic rings. The number of hydrogen-bond acceptors (Lipinski definition) is 2. The van der Waals surface area contributed by atoms with E-state index < -0.39 is 0 Å². The van der Waals surface area contributed by atoms with E-state index in [1.165, 1.54) is 0 Å². The van der Waals surface area contributed by atoms with Crippen LogP contribution in [-0.2, 0) is 11.2 Å². The minimum atomic E-state index is -0.0763. The van der Waals surface area contributed by atoms with Gasteiger partial charge in [-0.15, -0.1) is 0 Å². The molecule has 0 saturated heterocycles. The van der Waals surface area contributed by atoms with E-state index in [1.54, 1.807) is 12.1 Å². The van der Waals surface area contributed by atoms with Gasteiger partial charge >= 0.3 is 0 Å². The van der Waals surface area contributed by atoms with E-state index in [-0.39, 0.29) is 5.91 Å². The Balaban J connectivity index is 2.38. The van der Waals surface area contributed by atoms with Gasteiger partial charge in [-0.1, -0.05) is 23.7 Å². The molecular formula is C11H11ClN2O. The van der Waals surface area contributed by atoms with Crippen LogP contribution in [0.25, 0.3) is 0 Å². The third-order valence-corrected chi connectivity index (χ3v) is 2.09. The highest BCUT2D eigenvalue weighted by Gasteiger charge is 2.01. The summed E-state index contributed by atoms with van der Waals surface area (Å²) in [4.78, 5) is 11.3. The zero-order chi connectivity index (χ0) is 11.1. The first-order valence-corrected chi connectivity index (χ1v) is 4.98. The summed E-state index contributed by atoms with van der Waals surface area (Å²) in [7, 11) is 0. The maximum absolute atomic E-state index is 11.3. The number of amides is 1. The topological polar surface area (TPSA) is 52.9 Å². The van der Waals surface area contributed by atoms with Gasteiger partial charge < -0.3 is 5.32 Å². The highest BCUT2D eigenvalue weighted by atomic mass is 35.5. The summed E-state index contributed by atoms with van der Waals surface area (Å²) in [5.74, 6) is -0.0763. The van der Waals surface area contributed by atoms with Crippen molar-refractivity contribution in [2.24, 2.45) is 0 Å². The second-order valence-corrected chi connectivity index (χ2v) is 3.50. The van der Waals surface area contributed by atoms with Crippen LogP contribution >= 0.6 is 11.6 Å². The van der Waals surface area contributed by atoms with Gasteiger partial charge in [-0.25, -0.2) is 0 Å². The number of rotatable bonds is 4. The molecule has 1 aromatic carbocycles. The van der Waals surface area contributed by atoms with Gasteiger partial charge in [0.05, 0.1) is 18.9 Å². The Morgan fingerprint density at radius 3 is 2.67 bits per heavy atom. The maximum atomic E-state index is 11.3. The monoisotopic (exact) mass is 222 g/mol. The Morgan fingerprint density at radius 1 is 1.40 bits per heavy atom. The maximum Gasteiger partial charge on any atom is 0.224 e. The fraction of sp³-hybridized carbons (Fsp3) is 0.273. The molecule has 1 amide bonds. The van der Waals surface area contributed by atoms with Crippen molar-refractivity contribution >= 4 is 17.5 Å². The summed E-state index contributed by atoms with van der Waals surface area (Å²) in [5, 5.41) is 11.6. The number of hydrogen-bond donors (Lipinski definition) is 1. The molecule has 0 fully saturated rings. The van der Waals surface area contributed by atoms with E-state index in [9.17, 15) is 4.79 Å². The lowest BCUT2D eigenvalue weighted by Crippen LogP contribution is -2.25. The summed E-state index contributed by atoms with van der Waals surface area (Å²) in [6.45, 7) is 0.406. The molecule has 0 bridgehead atoms. The molecule has 1 rings (SSSR count). The number of nitriles is 1. The number of carbonyl (C=O) groups excluding carboxylic acids is 1. The highest BCUT2D eigenvalue weighted by molar-refractivity contribution is 6.30. The molecule has 1 aromatic rings. The van der Waals surface area contributed by atoms with Crippen LogP contribution in [0.2, 0.25) is 5.02 Å². The van der Waals surface area contributed by atoms with E-state index >= 15 is 0 Å². The van der Waals surface area contributed by atoms with Crippen molar-refractivity contribution in [2.75, 3.05) is 6.54 Å². The van der Waals surface area contributed by atoms with Gasteiger partial charge in [-0.2, -0.15) is 5.26 Å². The SMILES string of the molecule is N#CCCNC(=O)Cc1ccc(Cl)cc1. The predicted molar refractivity (Wildman–Crippen MR) is 58.4 cm³/mol. The van der Waals surface area contributed by atoms with Crippen LogP contribution in [0.1, 0.15) is 12.0 Å². The standard InChI is InChI=1S/C11H11ClN2O/c12-10-4-2-9(3-5-10)8-11(15)14-7-1-6-13/h2-5H,1,7-8H2,(H,14,15). The molecule has 0 aliphatic heterocycles. The van der Waals surface area contributed by atoms with E-state index in [4.69, 9.17) is 16.9 Å². The number of carbonyl (C=O) groups is 1. The van der Waals surface area contributed by atoms with E-state index in [1.807, 2.05) is 18.2 Å². The summed E-state index contributed by atoms with van der Waals surface area (Å²) >= 11 is 5.71. The summed E-state index contributed by atoms with van der Waals surface area (Å²) in [5.41, 5.74) is 0.911. The first-order valence-electron chi connectivity index (χ1n) is 4.60. The third-order valence-electron chi connectivity index (χ3n) is 1.84. The fourth-order valence-electron chi connectivity index (χ4n) is 1.11. The van der Waals surface area contributed by atoms with Crippen molar-refractivity contribution in [1.29, 1.82) is 5.26 Å². The Morgan fingerprint density at radius 2 is 2.07 bits per heavy atom. The fourth-order valence-corrected chi connectivity index (χ4v) is 1.23.